The summed E-state index contributed by atoms with van der Waals surface area (Å²) < 4.78 is 7.10. The van der Waals surface area contributed by atoms with Crippen LogP contribution in [0.1, 0.15) is 67.2 Å². The van der Waals surface area contributed by atoms with E-state index < -0.39 is 0 Å². The maximum Gasteiger partial charge on any atom is 0.169 e. The summed E-state index contributed by atoms with van der Waals surface area (Å²) in [5.41, 5.74) is 0.532. The molecule has 1 aromatic rings. The zero-order valence-corrected chi connectivity index (χ0v) is 12.9. The van der Waals surface area contributed by atoms with Gasteiger partial charge in [-0.1, -0.05) is 30.9 Å². The van der Waals surface area contributed by atoms with Crippen LogP contribution in [0.2, 0.25) is 5.15 Å². The molecule has 1 saturated carbocycles. The third-order valence-electron chi connectivity index (χ3n) is 4.05. The second kappa shape index (κ2) is 7.79. The van der Waals surface area contributed by atoms with E-state index in [1.165, 1.54) is 19.3 Å². The van der Waals surface area contributed by atoms with Crippen molar-refractivity contribution in [1.29, 1.82) is 0 Å². The molecule has 1 aromatic heterocycles. The number of methoxy groups -OCH3 is 1. The molecule has 5 heteroatoms. The summed E-state index contributed by atoms with van der Waals surface area (Å²) in [6.07, 6.45) is 8.89. The number of hydrogen-bond acceptors (Lipinski definition) is 3. The van der Waals surface area contributed by atoms with Gasteiger partial charge in [-0.15, -0.1) is 0 Å². The van der Waals surface area contributed by atoms with Crippen LogP contribution >= 0.6 is 11.6 Å². The fourth-order valence-corrected chi connectivity index (χ4v) is 3.22. The molecule has 1 fully saturated rings. The molecule has 1 aliphatic rings. The quantitative estimate of drug-likeness (QED) is 0.568. The first-order valence-corrected chi connectivity index (χ1v) is 7.85. The van der Waals surface area contributed by atoms with E-state index in [9.17, 15) is 4.79 Å². The Bertz CT molecular complexity index is 439. The van der Waals surface area contributed by atoms with Crippen LogP contribution in [0.15, 0.2) is 0 Å². The Balaban J connectivity index is 2.14. The van der Waals surface area contributed by atoms with Crippen molar-refractivity contribution in [2.24, 2.45) is 0 Å². The van der Waals surface area contributed by atoms with Gasteiger partial charge in [-0.25, -0.2) is 4.98 Å². The number of rotatable bonds is 7. The van der Waals surface area contributed by atoms with Crippen LogP contribution in [0, 0.1) is 0 Å². The number of aldehydes is 1. The summed E-state index contributed by atoms with van der Waals surface area (Å²) in [5.74, 6) is 1.46. The van der Waals surface area contributed by atoms with Gasteiger partial charge in [0.15, 0.2) is 11.4 Å². The lowest BCUT2D eigenvalue weighted by molar-refractivity contribution is 0.111. The molecule has 0 spiro atoms. The molecule has 112 valence electrons. The van der Waals surface area contributed by atoms with Crippen molar-refractivity contribution in [2.75, 3.05) is 13.7 Å². The van der Waals surface area contributed by atoms with Crippen molar-refractivity contribution in [1.82, 2.24) is 9.55 Å². The summed E-state index contributed by atoms with van der Waals surface area (Å²) in [6.45, 7) is 1.54. The number of unbranched alkanes of at least 4 members (excludes halogenated alkanes) is 1. The molecule has 0 aromatic carbocycles. The molecule has 0 bridgehead atoms. The SMILES string of the molecule is COCCCCn1c(C2CCCCC2)nc(Cl)c1C=O. The minimum absolute atomic E-state index is 0.354. The Morgan fingerprint density at radius 2 is 2.10 bits per heavy atom. The fraction of sp³-hybridized carbons (Fsp3) is 0.733. The van der Waals surface area contributed by atoms with Crippen LogP contribution in [0.3, 0.4) is 0 Å². The van der Waals surface area contributed by atoms with E-state index >= 15 is 0 Å². The first-order chi connectivity index (χ1) is 9.77. The first-order valence-electron chi connectivity index (χ1n) is 7.48. The Kier molecular flexibility index (Phi) is 6.05. The van der Waals surface area contributed by atoms with E-state index in [0.717, 1.165) is 50.9 Å². The second-order valence-corrected chi connectivity index (χ2v) is 5.81. The van der Waals surface area contributed by atoms with Crippen molar-refractivity contribution in [3.8, 4) is 0 Å². The van der Waals surface area contributed by atoms with Crippen LogP contribution in [0.25, 0.3) is 0 Å². The molecule has 0 amide bonds. The van der Waals surface area contributed by atoms with Crippen molar-refractivity contribution in [2.45, 2.75) is 57.4 Å². The van der Waals surface area contributed by atoms with E-state index in [0.29, 0.717) is 16.8 Å². The van der Waals surface area contributed by atoms with Crippen molar-refractivity contribution in [3.05, 3.63) is 16.7 Å². The number of aromatic nitrogens is 2. The molecule has 0 atom stereocenters. The van der Waals surface area contributed by atoms with Crippen LogP contribution < -0.4 is 0 Å². The number of imidazole rings is 1. The maximum atomic E-state index is 11.3. The molecule has 0 saturated heterocycles. The summed E-state index contributed by atoms with van der Waals surface area (Å²) in [7, 11) is 1.71. The number of carbonyl (C=O) groups is 1. The molecule has 2 rings (SSSR count). The molecule has 20 heavy (non-hydrogen) atoms. The van der Waals surface area contributed by atoms with Crippen LogP contribution in [-0.4, -0.2) is 29.6 Å². The van der Waals surface area contributed by atoms with Gasteiger partial charge in [0, 0.05) is 26.2 Å². The Hall–Kier alpha value is -0.870. The number of nitrogens with zero attached hydrogens (tertiary/aromatic N) is 2. The normalized spacial score (nSPS) is 16.5. The standard InChI is InChI=1S/C15H23ClN2O2/c1-20-10-6-5-9-18-13(11-19)14(16)17-15(18)12-7-3-2-4-8-12/h11-12H,2-10H2,1H3. The van der Waals surface area contributed by atoms with Gasteiger partial charge in [-0.3, -0.25) is 4.79 Å². The minimum atomic E-state index is 0.354. The van der Waals surface area contributed by atoms with Gasteiger partial charge in [0.25, 0.3) is 0 Å². The third-order valence-corrected chi connectivity index (χ3v) is 4.33. The highest BCUT2D eigenvalue weighted by molar-refractivity contribution is 6.31. The monoisotopic (exact) mass is 298 g/mol. The molecule has 0 aliphatic heterocycles. The Morgan fingerprint density at radius 1 is 1.35 bits per heavy atom. The third kappa shape index (κ3) is 3.61. The lowest BCUT2D eigenvalue weighted by Crippen LogP contribution is -2.14. The highest BCUT2D eigenvalue weighted by Crippen LogP contribution is 2.34. The highest BCUT2D eigenvalue weighted by Gasteiger charge is 2.24. The van der Waals surface area contributed by atoms with E-state index in [1.807, 2.05) is 4.57 Å². The van der Waals surface area contributed by atoms with Gasteiger partial charge in [0.2, 0.25) is 0 Å². The predicted octanol–water partition coefficient (Wildman–Crippen LogP) is 3.82. The van der Waals surface area contributed by atoms with E-state index in [4.69, 9.17) is 16.3 Å². The first kappa shape index (κ1) is 15.5. The molecule has 1 heterocycles. The topological polar surface area (TPSA) is 44.1 Å². The zero-order valence-electron chi connectivity index (χ0n) is 12.1. The Morgan fingerprint density at radius 3 is 2.75 bits per heavy atom. The maximum absolute atomic E-state index is 11.3. The molecule has 1 aliphatic carbocycles. The molecular formula is C15H23ClN2O2. The predicted molar refractivity (Wildman–Crippen MR) is 79.6 cm³/mol. The van der Waals surface area contributed by atoms with Gasteiger partial charge >= 0.3 is 0 Å². The number of carbonyl (C=O) groups excluding carboxylic acids is 1. The fourth-order valence-electron chi connectivity index (χ4n) is 2.99. The van der Waals surface area contributed by atoms with Crippen LogP contribution in [0.4, 0.5) is 0 Å². The lowest BCUT2D eigenvalue weighted by Gasteiger charge is -2.22. The lowest BCUT2D eigenvalue weighted by atomic mass is 9.88. The van der Waals surface area contributed by atoms with Gasteiger partial charge in [-0.05, 0) is 25.7 Å². The average molecular weight is 299 g/mol. The highest BCUT2D eigenvalue weighted by atomic mass is 35.5. The van der Waals surface area contributed by atoms with Gasteiger partial charge in [-0.2, -0.15) is 0 Å². The van der Waals surface area contributed by atoms with E-state index in [-0.39, 0.29) is 0 Å². The number of ether oxygens (including phenoxy) is 1. The number of halogens is 1. The van der Waals surface area contributed by atoms with Crippen molar-refractivity contribution < 1.29 is 9.53 Å². The second-order valence-electron chi connectivity index (χ2n) is 5.45. The van der Waals surface area contributed by atoms with Crippen LogP contribution in [0.5, 0.6) is 0 Å². The summed E-state index contributed by atoms with van der Waals surface area (Å²) in [4.78, 5) is 15.7. The van der Waals surface area contributed by atoms with Crippen LogP contribution in [-0.2, 0) is 11.3 Å². The number of hydrogen-bond donors (Lipinski definition) is 0. The van der Waals surface area contributed by atoms with Gasteiger partial charge in [0.1, 0.15) is 11.5 Å². The van der Waals surface area contributed by atoms with E-state index in [2.05, 4.69) is 4.98 Å². The molecule has 0 radical (unpaired) electrons. The smallest absolute Gasteiger partial charge is 0.169 e. The van der Waals surface area contributed by atoms with E-state index in [1.54, 1.807) is 7.11 Å². The largest absolute Gasteiger partial charge is 0.385 e. The van der Waals surface area contributed by atoms with Gasteiger partial charge < -0.3 is 9.30 Å². The molecule has 0 N–H and O–H groups in total. The Labute approximate surface area is 125 Å². The molecule has 4 nitrogen and oxygen atoms in total. The van der Waals surface area contributed by atoms with Crippen molar-refractivity contribution in [3.63, 3.8) is 0 Å². The summed E-state index contributed by atoms with van der Waals surface area (Å²) in [5, 5.41) is 0.354. The summed E-state index contributed by atoms with van der Waals surface area (Å²) in [6, 6.07) is 0. The average Bonchev–Trinajstić information content (AvgIpc) is 2.80. The molecular weight excluding hydrogens is 276 g/mol. The van der Waals surface area contributed by atoms with Crippen molar-refractivity contribution >= 4 is 17.9 Å². The zero-order chi connectivity index (χ0) is 14.4. The summed E-state index contributed by atoms with van der Waals surface area (Å²) >= 11 is 6.12. The minimum Gasteiger partial charge on any atom is -0.385 e. The van der Waals surface area contributed by atoms with Gasteiger partial charge in [0.05, 0.1) is 0 Å². The molecule has 0 unspecified atom stereocenters.